The molecule has 2 N–H and O–H groups in total. The third-order valence-electron chi connectivity index (χ3n) is 3.07. The Morgan fingerprint density at radius 3 is 2.53 bits per heavy atom. The van der Waals surface area contributed by atoms with E-state index in [1.165, 1.54) is 13.2 Å². The standard InChI is InChI=1S/C14H13FO4/c1-19-11-7-10(9-5-3-2-4-6-9)14(15,8-16)13(18)12(11)17/h2-8,13,17-18H,1H3. The van der Waals surface area contributed by atoms with Crippen molar-refractivity contribution in [3.63, 3.8) is 0 Å². The number of carbonyl (C=O) groups excluding carboxylic acids is 1. The zero-order valence-electron chi connectivity index (χ0n) is 10.2. The monoisotopic (exact) mass is 264 g/mol. The highest BCUT2D eigenvalue weighted by Crippen LogP contribution is 2.40. The Morgan fingerprint density at radius 2 is 2.00 bits per heavy atom. The van der Waals surface area contributed by atoms with E-state index in [0.717, 1.165) is 0 Å². The highest BCUT2D eigenvalue weighted by molar-refractivity contribution is 5.92. The summed E-state index contributed by atoms with van der Waals surface area (Å²) < 4.78 is 19.5. The molecule has 2 rings (SSSR count). The van der Waals surface area contributed by atoms with Gasteiger partial charge in [0.2, 0.25) is 5.67 Å². The van der Waals surface area contributed by atoms with Gasteiger partial charge in [0.15, 0.2) is 23.9 Å². The van der Waals surface area contributed by atoms with Gasteiger partial charge in [-0.1, -0.05) is 30.3 Å². The van der Waals surface area contributed by atoms with Crippen molar-refractivity contribution in [1.29, 1.82) is 0 Å². The van der Waals surface area contributed by atoms with Gasteiger partial charge in [-0.2, -0.15) is 0 Å². The number of ether oxygens (including phenoxy) is 1. The highest BCUT2D eigenvalue weighted by Gasteiger charge is 2.48. The molecule has 0 fully saturated rings. The Kier molecular flexibility index (Phi) is 3.40. The summed E-state index contributed by atoms with van der Waals surface area (Å²) in [7, 11) is 1.28. The molecule has 0 spiro atoms. The Morgan fingerprint density at radius 1 is 1.37 bits per heavy atom. The van der Waals surface area contributed by atoms with Gasteiger partial charge in [-0.3, -0.25) is 4.79 Å². The molecule has 0 radical (unpaired) electrons. The number of benzene rings is 1. The first-order valence-electron chi connectivity index (χ1n) is 5.62. The quantitative estimate of drug-likeness (QED) is 0.816. The van der Waals surface area contributed by atoms with Crippen molar-refractivity contribution >= 4 is 11.9 Å². The fraction of sp³-hybridized carbons (Fsp3) is 0.214. The topological polar surface area (TPSA) is 66.8 Å². The highest BCUT2D eigenvalue weighted by atomic mass is 19.1. The third kappa shape index (κ3) is 2.02. The summed E-state index contributed by atoms with van der Waals surface area (Å²) in [5.41, 5.74) is -2.32. The van der Waals surface area contributed by atoms with Gasteiger partial charge in [0.05, 0.1) is 7.11 Å². The van der Waals surface area contributed by atoms with Crippen molar-refractivity contribution in [2.24, 2.45) is 0 Å². The number of alkyl halides is 1. The van der Waals surface area contributed by atoms with Crippen molar-refractivity contribution < 1.29 is 24.1 Å². The number of rotatable bonds is 3. The smallest absolute Gasteiger partial charge is 0.224 e. The van der Waals surface area contributed by atoms with Gasteiger partial charge >= 0.3 is 0 Å². The van der Waals surface area contributed by atoms with Crippen LogP contribution in [0.4, 0.5) is 4.39 Å². The maximum Gasteiger partial charge on any atom is 0.224 e. The van der Waals surface area contributed by atoms with Crippen LogP contribution in [0.5, 0.6) is 0 Å². The molecule has 0 aromatic heterocycles. The van der Waals surface area contributed by atoms with Crippen LogP contribution < -0.4 is 0 Å². The zero-order chi connectivity index (χ0) is 14.0. The molecule has 2 unspecified atom stereocenters. The second-order valence-electron chi connectivity index (χ2n) is 4.17. The molecule has 19 heavy (non-hydrogen) atoms. The zero-order valence-corrected chi connectivity index (χ0v) is 10.2. The number of hydrogen-bond donors (Lipinski definition) is 2. The van der Waals surface area contributed by atoms with Crippen LogP contribution in [0, 0.1) is 0 Å². The van der Waals surface area contributed by atoms with Crippen LogP contribution in [-0.2, 0) is 9.53 Å². The molecule has 100 valence electrons. The summed E-state index contributed by atoms with van der Waals surface area (Å²) in [6, 6.07) is 8.31. The Balaban J connectivity index is 2.63. The number of allylic oxidation sites excluding steroid dienone is 1. The SMILES string of the molecule is COC1=C(O)C(O)C(F)(C=O)C(c2ccccc2)=C1. The maximum atomic E-state index is 14.7. The Labute approximate surface area is 109 Å². The maximum absolute atomic E-state index is 14.7. The summed E-state index contributed by atoms with van der Waals surface area (Å²) in [5, 5.41) is 19.4. The van der Waals surface area contributed by atoms with Gasteiger partial charge in [-0.05, 0) is 11.6 Å². The van der Waals surface area contributed by atoms with E-state index in [4.69, 9.17) is 4.74 Å². The molecule has 0 aliphatic heterocycles. The second kappa shape index (κ2) is 4.85. The lowest BCUT2D eigenvalue weighted by Gasteiger charge is -2.31. The largest absolute Gasteiger partial charge is 0.506 e. The number of carbonyl (C=O) groups is 1. The van der Waals surface area contributed by atoms with Gasteiger partial charge in [0, 0.05) is 5.57 Å². The van der Waals surface area contributed by atoms with Crippen molar-refractivity contribution in [2.75, 3.05) is 7.11 Å². The van der Waals surface area contributed by atoms with E-state index in [2.05, 4.69) is 0 Å². The number of halogens is 1. The second-order valence-corrected chi connectivity index (χ2v) is 4.17. The molecule has 4 nitrogen and oxygen atoms in total. The van der Waals surface area contributed by atoms with Gasteiger partial charge in [0.1, 0.15) is 0 Å². The molecule has 5 heteroatoms. The fourth-order valence-electron chi connectivity index (χ4n) is 2.01. The van der Waals surface area contributed by atoms with Crippen molar-refractivity contribution in [2.45, 2.75) is 11.8 Å². The minimum absolute atomic E-state index is 0.0147. The molecule has 0 saturated carbocycles. The lowest BCUT2D eigenvalue weighted by molar-refractivity contribution is -0.120. The number of aldehydes is 1. The molecule has 1 aliphatic carbocycles. The first-order chi connectivity index (χ1) is 9.04. The average Bonchev–Trinajstić information content (AvgIpc) is 2.46. The summed E-state index contributed by atoms with van der Waals surface area (Å²) >= 11 is 0. The molecular weight excluding hydrogens is 251 g/mol. The first kappa shape index (κ1) is 13.3. The van der Waals surface area contributed by atoms with E-state index in [0.29, 0.717) is 5.56 Å². The minimum Gasteiger partial charge on any atom is -0.506 e. The predicted molar refractivity (Wildman–Crippen MR) is 67.0 cm³/mol. The summed E-state index contributed by atoms with van der Waals surface area (Å²) in [4.78, 5) is 11.1. The number of methoxy groups -OCH3 is 1. The van der Waals surface area contributed by atoms with Crippen LogP contribution in [0.25, 0.3) is 5.57 Å². The molecule has 0 heterocycles. The van der Waals surface area contributed by atoms with Crippen molar-refractivity contribution in [3.8, 4) is 0 Å². The molecule has 1 aliphatic rings. The minimum atomic E-state index is -2.70. The number of aliphatic hydroxyl groups excluding tert-OH is 2. The number of aliphatic hydroxyl groups is 2. The molecule has 1 aromatic rings. The van der Waals surface area contributed by atoms with Crippen LogP contribution in [0.2, 0.25) is 0 Å². The Bertz CT molecular complexity index is 550. The third-order valence-corrected chi connectivity index (χ3v) is 3.07. The fourth-order valence-corrected chi connectivity index (χ4v) is 2.01. The molecule has 2 atom stereocenters. The molecule has 0 amide bonds. The van der Waals surface area contributed by atoms with Crippen molar-refractivity contribution in [3.05, 3.63) is 53.5 Å². The summed E-state index contributed by atoms with van der Waals surface area (Å²) in [6.45, 7) is 0. The van der Waals surface area contributed by atoms with Crippen LogP contribution >= 0.6 is 0 Å². The van der Waals surface area contributed by atoms with Crippen LogP contribution in [0.3, 0.4) is 0 Å². The van der Waals surface area contributed by atoms with E-state index in [1.807, 2.05) is 0 Å². The van der Waals surface area contributed by atoms with Crippen LogP contribution in [-0.4, -0.2) is 35.4 Å². The lowest BCUT2D eigenvalue weighted by Crippen LogP contribution is -2.44. The normalized spacial score (nSPS) is 26.9. The molecule has 0 saturated heterocycles. The molecule has 0 bridgehead atoms. The van der Waals surface area contributed by atoms with Crippen LogP contribution in [0.1, 0.15) is 5.56 Å². The van der Waals surface area contributed by atoms with Crippen molar-refractivity contribution in [1.82, 2.24) is 0 Å². The van der Waals surface area contributed by atoms with Gasteiger partial charge < -0.3 is 14.9 Å². The Hall–Kier alpha value is -2.14. The summed E-state index contributed by atoms with van der Waals surface area (Å²) in [5.74, 6) is -0.766. The van der Waals surface area contributed by atoms with E-state index < -0.39 is 17.5 Å². The average molecular weight is 264 g/mol. The predicted octanol–water partition coefficient (Wildman–Crippen LogP) is 1.77. The lowest BCUT2D eigenvalue weighted by atomic mass is 9.81. The van der Waals surface area contributed by atoms with E-state index in [-0.39, 0.29) is 17.6 Å². The van der Waals surface area contributed by atoms with Gasteiger partial charge in [-0.15, -0.1) is 0 Å². The molecular formula is C14H13FO4. The van der Waals surface area contributed by atoms with E-state index in [1.54, 1.807) is 30.3 Å². The van der Waals surface area contributed by atoms with Crippen LogP contribution in [0.15, 0.2) is 47.9 Å². The van der Waals surface area contributed by atoms with Gasteiger partial charge in [0.25, 0.3) is 0 Å². The molecule has 1 aromatic carbocycles. The number of hydrogen-bond acceptors (Lipinski definition) is 4. The first-order valence-corrected chi connectivity index (χ1v) is 5.62. The van der Waals surface area contributed by atoms with E-state index >= 15 is 0 Å². The van der Waals surface area contributed by atoms with Gasteiger partial charge in [-0.25, -0.2) is 4.39 Å². The van der Waals surface area contributed by atoms with E-state index in [9.17, 15) is 19.4 Å². The summed E-state index contributed by atoms with van der Waals surface area (Å²) in [6.07, 6.45) is -0.787.